The van der Waals surface area contributed by atoms with Crippen LogP contribution in [0.4, 0.5) is 4.39 Å². The van der Waals surface area contributed by atoms with Crippen LogP contribution in [0.2, 0.25) is 0 Å². The number of hydrogen-bond acceptors (Lipinski definition) is 2. The number of rotatable bonds is 2. The SMILES string of the molecule is COc1cccc(F)c1-c1cccc2c1CNCC2. The van der Waals surface area contributed by atoms with Crippen LogP contribution >= 0.6 is 0 Å². The van der Waals surface area contributed by atoms with Crippen molar-refractivity contribution in [3.63, 3.8) is 0 Å². The Morgan fingerprint density at radius 1 is 1.16 bits per heavy atom. The van der Waals surface area contributed by atoms with E-state index in [9.17, 15) is 4.39 Å². The maximum atomic E-state index is 14.2. The molecule has 0 aliphatic carbocycles. The summed E-state index contributed by atoms with van der Waals surface area (Å²) in [6, 6.07) is 11.0. The van der Waals surface area contributed by atoms with Crippen LogP contribution in [0.5, 0.6) is 5.75 Å². The van der Waals surface area contributed by atoms with E-state index in [4.69, 9.17) is 4.74 Å². The number of nitrogens with one attached hydrogen (secondary N) is 1. The van der Waals surface area contributed by atoms with Gasteiger partial charge in [-0.15, -0.1) is 0 Å². The molecule has 0 aromatic heterocycles. The Labute approximate surface area is 112 Å². The van der Waals surface area contributed by atoms with Crippen LogP contribution in [0.25, 0.3) is 11.1 Å². The second kappa shape index (κ2) is 5.02. The lowest BCUT2D eigenvalue weighted by Crippen LogP contribution is -2.24. The Balaban J connectivity index is 2.23. The Morgan fingerprint density at radius 2 is 2.00 bits per heavy atom. The maximum absolute atomic E-state index is 14.2. The van der Waals surface area contributed by atoms with Gasteiger partial charge in [-0.2, -0.15) is 0 Å². The van der Waals surface area contributed by atoms with Crippen molar-refractivity contribution in [1.29, 1.82) is 0 Å². The van der Waals surface area contributed by atoms with Crippen molar-refractivity contribution < 1.29 is 9.13 Å². The molecule has 3 rings (SSSR count). The number of halogens is 1. The predicted molar refractivity (Wildman–Crippen MR) is 73.8 cm³/mol. The zero-order valence-corrected chi connectivity index (χ0v) is 10.9. The molecular weight excluding hydrogens is 241 g/mol. The molecule has 0 radical (unpaired) electrons. The summed E-state index contributed by atoms with van der Waals surface area (Å²) < 4.78 is 19.5. The summed E-state index contributed by atoms with van der Waals surface area (Å²) in [6.07, 6.45) is 0.986. The molecule has 0 fully saturated rings. The number of hydrogen-bond donors (Lipinski definition) is 1. The Hall–Kier alpha value is -1.87. The molecule has 98 valence electrons. The summed E-state index contributed by atoms with van der Waals surface area (Å²) in [6.45, 7) is 1.76. The molecule has 1 heterocycles. The molecule has 0 bridgehead atoms. The molecule has 1 aliphatic rings. The van der Waals surface area contributed by atoms with E-state index in [0.717, 1.165) is 25.1 Å². The molecule has 0 unspecified atom stereocenters. The fourth-order valence-corrected chi connectivity index (χ4v) is 2.68. The van der Waals surface area contributed by atoms with E-state index in [1.165, 1.54) is 17.2 Å². The first-order valence-corrected chi connectivity index (χ1v) is 6.45. The molecule has 2 nitrogen and oxygen atoms in total. The zero-order valence-electron chi connectivity index (χ0n) is 10.9. The third-order valence-electron chi connectivity index (χ3n) is 3.61. The second-order valence-corrected chi connectivity index (χ2v) is 4.69. The van der Waals surface area contributed by atoms with E-state index in [1.54, 1.807) is 19.2 Å². The summed E-state index contributed by atoms with van der Waals surface area (Å²) >= 11 is 0. The largest absolute Gasteiger partial charge is 0.496 e. The standard InChI is InChI=1S/C16H16FNO/c1-19-15-7-3-6-14(17)16(15)12-5-2-4-11-8-9-18-10-13(11)12/h2-7,18H,8-10H2,1H3. The zero-order chi connectivity index (χ0) is 13.2. The van der Waals surface area contributed by atoms with Crippen LogP contribution in [0.15, 0.2) is 36.4 Å². The van der Waals surface area contributed by atoms with Gasteiger partial charge in [0.1, 0.15) is 11.6 Å². The van der Waals surface area contributed by atoms with E-state index in [0.29, 0.717) is 11.3 Å². The minimum absolute atomic E-state index is 0.238. The van der Waals surface area contributed by atoms with Crippen LogP contribution in [-0.4, -0.2) is 13.7 Å². The molecule has 0 saturated carbocycles. The molecule has 19 heavy (non-hydrogen) atoms. The van der Waals surface area contributed by atoms with E-state index in [2.05, 4.69) is 11.4 Å². The normalized spacial score (nSPS) is 14.0. The molecular formula is C16H16FNO. The summed E-state index contributed by atoms with van der Waals surface area (Å²) in [5, 5.41) is 3.34. The van der Waals surface area contributed by atoms with Crippen molar-refractivity contribution in [1.82, 2.24) is 5.32 Å². The Morgan fingerprint density at radius 3 is 2.84 bits per heavy atom. The highest BCUT2D eigenvalue weighted by Gasteiger charge is 2.18. The van der Waals surface area contributed by atoms with E-state index >= 15 is 0 Å². The van der Waals surface area contributed by atoms with Gasteiger partial charge in [-0.05, 0) is 41.8 Å². The first-order chi connectivity index (χ1) is 9.31. The third-order valence-corrected chi connectivity index (χ3v) is 3.61. The molecule has 1 aliphatic heterocycles. The monoisotopic (exact) mass is 257 g/mol. The van der Waals surface area contributed by atoms with Gasteiger partial charge in [-0.1, -0.05) is 24.3 Å². The average molecular weight is 257 g/mol. The molecule has 0 amide bonds. The summed E-state index contributed by atoms with van der Waals surface area (Å²) in [5.41, 5.74) is 3.96. The van der Waals surface area contributed by atoms with Crippen molar-refractivity contribution >= 4 is 0 Å². The highest BCUT2D eigenvalue weighted by molar-refractivity contribution is 5.75. The molecule has 0 saturated heterocycles. The first-order valence-electron chi connectivity index (χ1n) is 6.45. The fraction of sp³-hybridized carbons (Fsp3) is 0.250. The van der Waals surface area contributed by atoms with Crippen LogP contribution in [0.3, 0.4) is 0 Å². The smallest absolute Gasteiger partial charge is 0.134 e. The lowest BCUT2D eigenvalue weighted by molar-refractivity contribution is 0.413. The van der Waals surface area contributed by atoms with Crippen molar-refractivity contribution in [3.05, 3.63) is 53.3 Å². The van der Waals surface area contributed by atoms with E-state index in [1.807, 2.05) is 12.1 Å². The topological polar surface area (TPSA) is 21.3 Å². The summed E-state index contributed by atoms with van der Waals surface area (Å²) in [7, 11) is 1.58. The number of fused-ring (bicyclic) bond motifs is 1. The van der Waals surface area contributed by atoms with E-state index in [-0.39, 0.29) is 5.82 Å². The molecule has 2 aromatic rings. The van der Waals surface area contributed by atoms with Gasteiger partial charge in [-0.3, -0.25) is 0 Å². The Kier molecular flexibility index (Phi) is 3.22. The predicted octanol–water partition coefficient (Wildman–Crippen LogP) is 3.15. The first kappa shape index (κ1) is 12.2. The van der Waals surface area contributed by atoms with Crippen molar-refractivity contribution in [3.8, 4) is 16.9 Å². The minimum Gasteiger partial charge on any atom is -0.496 e. The van der Waals surface area contributed by atoms with Gasteiger partial charge in [0.05, 0.1) is 12.7 Å². The highest BCUT2D eigenvalue weighted by Crippen LogP contribution is 2.36. The average Bonchev–Trinajstić information content (AvgIpc) is 2.46. The molecule has 0 atom stereocenters. The molecule has 2 aromatic carbocycles. The van der Waals surface area contributed by atoms with Crippen molar-refractivity contribution in [2.45, 2.75) is 13.0 Å². The van der Waals surface area contributed by atoms with Crippen LogP contribution in [0, 0.1) is 5.82 Å². The van der Waals surface area contributed by atoms with Gasteiger partial charge in [-0.25, -0.2) is 4.39 Å². The quantitative estimate of drug-likeness (QED) is 0.892. The van der Waals surface area contributed by atoms with Gasteiger partial charge >= 0.3 is 0 Å². The lowest BCUT2D eigenvalue weighted by Gasteiger charge is -2.21. The molecule has 0 spiro atoms. The molecule has 3 heteroatoms. The number of ether oxygens (including phenoxy) is 1. The number of benzene rings is 2. The summed E-state index contributed by atoms with van der Waals surface area (Å²) in [4.78, 5) is 0. The van der Waals surface area contributed by atoms with Crippen LogP contribution in [-0.2, 0) is 13.0 Å². The van der Waals surface area contributed by atoms with Gasteiger partial charge in [0.25, 0.3) is 0 Å². The van der Waals surface area contributed by atoms with Gasteiger partial charge in [0, 0.05) is 6.54 Å². The Bertz CT molecular complexity index is 610. The van der Waals surface area contributed by atoms with Crippen molar-refractivity contribution in [2.24, 2.45) is 0 Å². The van der Waals surface area contributed by atoms with Crippen molar-refractivity contribution in [2.75, 3.05) is 13.7 Å². The molecule has 1 N–H and O–H groups in total. The lowest BCUT2D eigenvalue weighted by atomic mass is 9.91. The van der Waals surface area contributed by atoms with Crippen LogP contribution in [0.1, 0.15) is 11.1 Å². The van der Waals surface area contributed by atoms with Gasteiger partial charge < -0.3 is 10.1 Å². The number of methoxy groups -OCH3 is 1. The highest BCUT2D eigenvalue weighted by atomic mass is 19.1. The fourth-order valence-electron chi connectivity index (χ4n) is 2.68. The third kappa shape index (κ3) is 2.10. The summed E-state index contributed by atoms with van der Waals surface area (Å²) in [5.74, 6) is 0.345. The maximum Gasteiger partial charge on any atom is 0.134 e. The van der Waals surface area contributed by atoms with Gasteiger partial charge in [0.2, 0.25) is 0 Å². The van der Waals surface area contributed by atoms with Gasteiger partial charge in [0.15, 0.2) is 0 Å². The second-order valence-electron chi connectivity index (χ2n) is 4.69. The van der Waals surface area contributed by atoms with Crippen LogP contribution < -0.4 is 10.1 Å². The minimum atomic E-state index is -0.238. The van der Waals surface area contributed by atoms with E-state index < -0.39 is 0 Å².